The highest BCUT2D eigenvalue weighted by atomic mass is 35.5. The smallest absolute Gasteiger partial charge is 0.199 e. The Kier molecular flexibility index (Phi) is 3.32. The van der Waals surface area contributed by atoms with Gasteiger partial charge in [0.25, 0.3) is 0 Å². The second-order valence-corrected chi connectivity index (χ2v) is 4.65. The van der Waals surface area contributed by atoms with Crippen LogP contribution in [-0.2, 0) is 6.54 Å². The lowest BCUT2D eigenvalue weighted by atomic mass is 10.1. The number of benzene rings is 2. The highest BCUT2D eigenvalue weighted by Gasteiger charge is 2.13. The maximum absolute atomic E-state index is 13.6. The molecule has 0 unspecified atom stereocenters. The van der Waals surface area contributed by atoms with Crippen LogP contribution < -0.4 is 5.32 Å². The van der Waals surface area contributed by atoms with Crippen molar-refractivity contribution in [2.24, 2.45) is 0 Å². The molecule has 0 radical (unpaired) electrons. The number of hydrogen-bond acceptors (Lipinski definition) is 2. The molecule has 20 heavy (non-hydrogen) atoms. The summed E-state index contributed by atoms with van der Waals surface area (Å²) in [5.41, 5.74) is 1.46. The molecule has 0 aliphatic heterocycles. The van der Waals surface area contributed by atoms with Crippen LogP contribution in [0.15, 0.2) is 46.9 Å². The van der Waals surface area contributed by atoms with E-state index in [4.69, 9.17) is 16.0 Å². The highest BCUT2D eigenvalue weighted by molar-refractivity contribution is 6.30. The minimum absolute atomic E-state index is 0.0892. The molecule has 3 aromatic rings. The summed E-state index contributed by atoms with van der Waals surface area (Å²) < 4.78 is 32.1. The molecule has 1 aromatic heterocycles. The van der Waals surface area contributed by atoms with E-state index in [1.54, 1.807) is 6.07 Å². The fourth-order valence-electron chi connectivity index (χ4n) is 2.06. The maximum atomic E-state index is 13.6. The largest absolute Gasteiger partial charge is 0.444 e. The van der Waals surface area contributed by atoms with Crippen LogP contribution in [0.4, 0.5) is 14.5 Å². The van der Waals surface area contributed by atoms with Gasteiger partial charge < -0.3 is 9.73 Å². The summed E-state index contributed by atoms with van der Waals surface area (Å²) in [6.07, 6.45) is 0. The van der Waals surface area contributed by atoms with Gasteiger partial charge in [0, 0.05) is 17.5 Å². The molecule has 1 heterocycles. The molecule has 102 valence electrons. The van der Waals surface area contributed by atoms with Crippen LogP contribution in [0.1, 0.15) is 5.56 Å². The highest BCUT2D eigenvalue weighted by Crippen LogP contribution is 2.30. The standard InChI is InChI=1S/C15H10ClF2NO/c16-15-10(9-4-1-2-7-13(9)20-15)8-19-12-6-3-5-11(17)14(12)18/h1-7,19H,8H2. The molecule has 1 N–H and O–H groups in total. The summed E-state index contributed by atoms with van der Waals surface area (Å²) >= 11 is 6.03. The first kappa shape index (κ1) is 12.9. The van der Waals surface area contributed by atoms with E-state index in [1.165, 1.54) is 12.1 Å². The fourth-order valence-corrected chi connectivity index (χ4v) is 2.31. The van der Waals surface area contributed by atoms with Crippen molar-refractivity contribution in [2.75, 3.05) is 5.32 Å². The maximum Gasteiger partial charge on any atom is 0.199 e. The van der Waals surface area contributed by atoms with Gasteiger partial charge in [-0.3, -0.25) is 0 Å². The van der Waals surface area contributed by atoms with Crippen LogP contribution in [0, 0.1) is 11.6 Å². The van der Waals surface area contributed by atoms with Crippen molar-refractivity contribution in [3.63, 3.8) is 0 Å². The van der Waals surface area contributed by atoms with E-state index in [-0.39, 0.29) is 17.5 Å². The zero-order valence-electron chi connectivity index (χ0n) is 10.3. The number of hydrogen-bond donors (Lipinski definition) is 1. The molecule has 0 aliphatic carbocycles. The van der Waals surface area contributed by atoms with Crippen LogP contribution in [0.2, 0.25) is 5.22 Å². The van der Waals surface area contributed by atoms with Gasteiger partial charge in [-0.15, -0.1) is 0 Å². The second kappa shape index (κ2) is 5.13. The number of rotatable bonds is 3. The summed E-state index contributed by atoms with van der Waals surface area (Å²) in [6.45, 7) is 0.246. The number of nitrogens with one attached hydrogen (secondary N) is 1. The molecule has 0 saturated carbocycles. The average Bonchev–Trinajstić information content (AvgIpc) is 2.76. The van der Waals surface area contributed by atoms with Crippen molar-refractivity contribution in [1.82, 2.24) is 0 Å². The van der Waals surface area contributed by atoms with E-state index in [1.807, 2.05) is 18.2 Å². The molecule has 0 amide bonds. The molecule has 0 atom stereocenters. The Morgan fingerprint density at radius 1 is 1.05 bits per heavy atom. The lowest BCUT2D eigenvalue weighted by Gasteiger charge is -2.07. The van der Waals surface area contributed by atoms with Crippen molar-refractivity contribution < 1.29 is 13.2 Å². The predicted molar refractivity (Wildman–Crippen MR) is 74.9 cm³/mol. The van der Waals surface area contributed by atoms with E-state index in [9.17, 15) is 8.78 Å². The minimum atomic E-state index is -0.906. The molecular weight excluding hydrogens is 284 g/mol. The van der Waals surface area contributed by atoms with Crippen LogP contribution in [0.5, 0.6) is 0 Å². The molecular formula is C15H10ClF2NO. The molecule has 5 heteroatoms. The quantitative estimate of drug-likeness (QED) is 0.737. The van der Waals surface area contributed by atoms with Gasteiger partial charge in [-0.1, -0.05) is 24.3 Å². The van der Waals surface area contributed by atoms with Crippen LogP contribution in [0.3, 0.4) is 0 Å². The third-order valence-corrected chi connectivity index (χ3v) is 3.36. The van der Waals surface area contributed by atoms with Gasteiger partial charge in [-0.05, 0) is 29.8 Å². The Bertz CT molecular complexity index is 770. The van der Waals surface area contributed by atoms with Gasteiger partial charge in [0.2, 0.25) is 0 Å². The van der Waals surface area contributed by atoms with Crippen molar-refractivity contribution in [2.45, 2.75) is 6.54 Å². The van der Waals surface area contributed by atoms with Crippen LogP contribution in [-0.4, -0.2) is 0 Å². The Labute approximate surface area is 119 Å². The first-order valence-corrected chi connectivity index (χ1v) is 6.38. The predicted octanol–water partition coefficient (Wildman–Crippen LogP) is 4.98. The Balaban J connectivity index is 1.90. The second-order valence-electron chi connectivity index (χ2n) is 4.31. The Morgan fingerprint density at radius 3 is 2.70 bits per heavy atom. The number of fused-ring (bicyclic) bond motifs is 1. The molecule has 2 aromatic carbocycles. The Hall–Kier alpha value is -2.07. The summed E-state index contributed by atoms with van der Waals surface area (Å²) in [7, 11) is 0. The van der Waals surface area contributed by atoms with E-state index < -0.39 is 11.6 Å². The molecule has 3 rings (SSSR count). The molecule has 0 aliphatic rings. The van der Waals surface area contributed by atoms with Gasteiger partial charge in [0.15, 0.2) is 16.9 Å². The zero-order valence-corrected chi connectivity index (χ0v) is 11.0. The van der Waals surface area contributed by atoms with Gasteiger partial charge in [0.05, 0.1) is 5.69 Å². The Morgan fingerprint density at radius 2 is 1.85 bits per heavy atom. The van der Waals surface area contributed by atoms with E-state index in [0.717, 1.165) is 11.5 Å². The summed E-state index contributed by atoms with van der Waals surface area (Å²) in [5.74, 6) is -1.80. The van der Waals surface area contributed by atoms with Crippen molar-refractivity contribution >= 4 is 28.3 Å². The third kappa shape index (κ3) is 2.23. The third-order valence-electron chi connectivity index (χ3n) is 3.06. The van der Waals surface area contributed by atoms with Gasteiger partial charge in [0.1, 0.15) is 5.58 Å². The lowest BCUT2D eigenvalue weighted by Crippen LogP contribution is -2.02. The van der Waals surface area contributed by atoms with Gasteiger partial charge >= 0.3 is 0 Å². The fraction of sp³-hybridized carbons (Fsp3) is 0.0667. The van der Waals surface area contributed by atoms with Crippen molar-refractivity contribution in [3.05, 3.63) is 64.9 Å². The molecule has 0 fully saturated rings. The summed E-state index contributed by atoms with van der Waals surface area (Å²) in [4.78, 5) is 0. The summed E-state index contributed by atoms with van der Waals surface area (Å²) in [5, 5.41) is 3.92. The van der Waals surface area contributed by atoms with E-state index in [0.29, 0.717) is 11.1 Å². The number of para-hydroxylation sites is 1. The topological polar surface area (TPSA) is 25.2 Å². The first-order valence-electron chi connectivity index (χ1n) is 6.00. The summed E-state index contributed by atoms with van der Waals surface area (Å²) in [6, 6.07) is 11.3. The average molecular weight is 294 g/mol. The van der Waals surface area contributed by atoms with E-state index >= 15 is 0 Å². The zero-order chi connectivity index (χ0) is 14.1. The van der Waals surface area contributed by atoms with Crippen LogP contribution >= 0.6 is 11.6 Å². The molecule has 2 nitrogen and oxygen atoms in total. The number of furan rings is 1. The SMILES string of the molecule is Fc1cccc(NCc2c(Cl)oc3ccccc23)c1F. The lowest BCUT2D eigenvalue weighted by molar-refractivity contribution is 0.511. The molecule has 0 spiro atoms. The minimum Gasteiger partial charge on any atom is -0.444 e. The first-order chi connectivity index (χ1) is 9.66. The van der Waals surface area contributed by atoms with E-state index in [2.05, 4.69) is 5.32 Å². The van der Waals surface area contributed by atoms with Gasteiger partial charge in [-0.2, -0.15) is 0 Å². The van der Waals surface area contributed by atoms with Gasteiger partial charge in [-0.25, -0.2) is 8.78 Å². The normalized spacial score (nSPS) is 10.9. The number of anilines is 1. The van der Waals surface area contributed by atoms with Crippen molar-refractivity contribution in [3.8, 4) is 0 Å². The molecule has 0 bridgehead atoms. The van der Waals surface area contributed by atoms with Crippen LogP contribution in [0.25, 0.3) is 11.0 Å². The van der Waals surface area contributed by atoms with Crippen molar-refractivity contribution in [1.29, 1.82) is 0 Å². The monoisotopic (exact) mass is 293 g/mol. The number of halogens is 3. The molecule has 0 saturated heterocycles.